The smallest absolute Gasteiger partial charge is 0.257 e. The summed E-state index contributed by atoms with van der Waals surface area (Å²) in [6, 6.07) is 9.72. The molecule has 7 nitrogen and oxygen atoms in total. The van der Waals surface area contributed by atoms with Gasteiger partial charge in [-0.15, -0.1) is 0 Å². The normalized spacial score (nSPS) is 25.5. The molecule has 43 heavy (non-hydrogen) atoms. The van der Waals surface area contributed by atoms with Crippen LogP contribution < -0.4 is 10.5 Å². The van der Waals surface area contributed by atoms with Crippen molar-refractivity contribution in [2.75, 3.05) is 19.6 Å². The molecule has 1 atom stereocenters. The van der Waals surface area contributed by atoms with Gasteiger partial charge < -0.3 is 15.4 Å². The zero-order valence-corrected chi connectivity index (χ0v) is 25.8. The van der Waals surface area contributed by atoms with Crippen molar-refractivity contribution in [2.24, 2.45) is 34.4 Å². The SMILES string of the molecule is NC1=NC(CC2CCCCC2)(CC2CCCCC2)C(=O)N1CC1CCN(C(=O)C2C=CC(Oc3ccccc3)=CC2)CC1. The Kier molecular flexibility index (Phi) is 9.54. The third kappa shape index (κ3) is 7.18. The molecular weight excluding hydrogens is 536 g/mol. The third-order valence-corrected chi connectivity index (χ3v) is 10.7. The maximum absolute atomic E-state index is 14.2. The van der Waals surface area contributed by atoms with E-state index in [1.807, 2.05) is 58.4 Å². The lowest BCUT2D eigenvalue weighted by Gasteiger charge is -2.37. The summed E-state index contributed by atoms with van der Waals surface area (Å²) in [5.41, 5.74) is 5.91. The number of benzene rings is 1. The topological polar surface area (TPSA) is 88.2 Å². The van der Waals surface area contributed by atoms with Gasteiger partial charge in [0.2, 0.25) is 5.91 Å². The van der Waals surface area contributed by atoms with Crippen LogP contribution in [0.1, 0.15) is 96.3 Å². The molecule has 1 aromatic rings. The van der Waals surface area contributed by atoms with Gasteiger partial charge in [0.05, 0.1) is 5.92 Å². The molecule has 2 heterocycles. The van der Waals surface area contributed by atoms with Crippen LogP contribution in [0.2, 0.25) is 0 Å². The molecule has 5 aliphatic rings. The Morgan fingerprint density at radius 3 is 2.09 bits per heavy atom. The lowest BCUT2D eigenvalue weighted by atomic mass is 9.73. The Morgan fingerprint density at radius 2 is 1.51 bits per heavy atom. The number of nitrogens with zero attached hydrogens (tertiary/aromatic N) is 3. The highest BCUT2D eigenvalue weighted by Crippen LogP contribution is 2.42. The van der Waals surface area contributed by atoms with Gasteiger partial charge in [0, 0.05) is 19.6 Å². The Balaban J connectivity index is 1.02. The zero-order chi connectivity index (χ0) is 29.6. The second kappa shape index (κ2) is 13.7. The molecule has 2 N–H and O–H groups in total. The van der Waals surface area contributed by atoms with Gasteiger partial charge in [0.15, 0.2) is 5.96 Å². The van der Waals surface area contributed by atoms with Gasteiger partial charge in [-0.25, -0.2) is 4.99 Å². The molecule has 7 heteroatoms. The molecule has 1 unspecified atom stereocenters. The van der Waals surface area contributed by atoms with Gasteiger partial charge in [-0.1, -0.05) is 88.5 Å². The quantitative estimate of drug-likeness (QED) is 0.353. The lowest BCUT2D eigenvalue weighted by Crippen LogP contribution is -2.49. The van der Waals surface area contributed by atoms with Gasteiger partial charge >= 0.3 is 0 Å². The minimum absolute atomic E-state index is 0.150. The molecule has 0 spiro atoms. The number of piperidine rings is 1. The molecule has 3 fully saturated rings. The van der Waals surface area contributed by atoms with Crippen molar-refractivity contribution >= 4 is 17.8 Å². The van der Waals surface area contributed by atoms with Gasteiger partial charge in [0.1, 0.15) is 17.0 Å². The van der Waals surface area contributed by atoms with E-state index in [0.717, 1.165) is 50.3 Å². The van der Waals surface area contributed by atoms with Crippen molar-refractivity contribution in [1.29, 1.82) is 0 Å². The number of para-hydroxylation sites is 1. The molecule has 6 rings (SSSR count). The first-order valence-corrected chi connectivity index (χ1v) is 17.1. The Morgan fingerprint density at radius 1 is 0.884 bits per heavy atom. The van der Waals surface area contributed by atoms with Crippen LogP contribution in [0.25, 0.3) is 0 Å². The maximum Gasteiger partial charge on any atom is 0.257 e. The summed E-state index contributed by atoms with van der Waals surface area (Å²) in [5, 5.41) is 0. The number of allylic oxidation sites excluding steroid dienone is 2. The van der Waals surface area contributed by atoms with E-state index in [1.54, 1.807) is 0 Å². The number of carbonyl (C=O) groups is 2. The van der Waals surface area contributed by atoms with Crippen LogP contribution in [0, 0.1) is 23.7 Å². The summed E-state index contributed by atoms with van der Waals surface area (Å²) in [5.74, 6) is 3.70. The van der Waals surface area contributed by atoms with Crippen molar-refractivity contribution in [1.82, 2.24) is 9.80 Å². The number of carbonyl (C=O) groups excluding carboxylic acids is 2. The number of amides is 2. The van der Waals surface area contributed by atoms with Gasteiger partial charge in [0.25, 0.3) is 5.91 Å². The van der Waals surface area contributed by atoms with Crippen LogP contribution in [-0.4, -0.2) is 52.7 Å². The number of aliphatic imine (C=N–C) groups is 1. The molecule has 0 bridgehead atoms. The van der Waals surface area contributed by atoms with Crippen molar-refractivity contribution in [3.8, 4) is 5.75 Å². The highest BCUT2D eigenvalue weighted by Gasteiger charge is 2.50. The van der Waals surface area contributed by atoms with E-state index in [4.69, 9.17) is 15.5 Å². The molecule has 232 valence electrons. The Hall–Kier alpha value is -3.09. The van der Waals surface area contributed by atoms with Crippen LogP contribution >= 0.6 is 0 Å². The predicted molar refractivity (Wildman–Crippen MR) is 170 cm³/mol. The monoisotopic (exact) mass is 586 g/mol. The maximum atomic E-state index is 14.2. The zero-order valence-electron chi connectivity index (χ0n) is 25.8. The first-order chi connectivity index (χ1) is 21.0. The molecule has 0 aromatic heterocycles. The standard InChI is InChI=1S/C36H50N4O3/c37-35-38-36(24-27-10-4-1-5-11-27,25-28-12-6-2-7-13-28)34(42)40(35)26-29-20-22-39(23-21-29)33(41)30-16-18-32(19-17-30)43-31-14-8-3-9-15-31/h3,8-9,14-16,18-19,27-30H,1-2,4-7,10-13,17,20-26H2,(H2,37,38). The van der Waals surface area contributed by atoms with Crippen LogP contribution in [0.5, 0.6) is 5.75 Å². The first-order valence-electron chi connectivity index (χ1n) is 17.1. The number of nitrogens with two attached hydrogens (primary N) is 1. The largest absolute Gasteiger partial charge is 0.458 e. The number of rotatable bonds is 9. The van der Waals surface area contributed by atoms with E-state index < -0.39 is 5.54 Å². The molecule has 2 saturated carbocycles. The average molecular weight is 587 g/mol. The predicted octanol–water partition coefficient (Wildman–Crippen LogP) is 6.60. The summed E-state index contributed by atoms with van der Waals surface area (Å²) < 4.78 is 5.92. The van der Waals surface area contributed by atoms with Crippen LogP contribution in [0.3, 0.4) is 0 Å². The van der Waals surface area contributed by atoms with E-state index in [1.165, 1.54) is 64.2 Å². The lowest BCUT2D eigenvalue weighted by molar-refractivity contribution is -0.137. The van der Waals surface area contributed by atoms with Crippen LogP contribution in [-0.2, 0) is 9.59 Å². The number of hydrogen-bond acceptors (Lipinski definition) is 5. The Bertz CT molecular complexity index is 1180. The number of likely N-dealkylation sites (tertiary alicyclic amines) is 1. The van der Waals surface area contributed by atoms with Crippen molar-refractivity contribution in [2.45, 2.75) is 102 Å². The van der Waals surface area contributed by atoms with E-state index in [2.05, 4.69) is 0 Å². The van der Waals surface area contributed by atoms with Crippen molar-refractivity contribution in [3.63, 3.8) is 0 Å². The molecule has 2 aliphatic heterocycles. The number of guanidine groups is 1. The van der Waals surface area contributed by atoms with Gasteiger partial charge in [-0.3, -0.25) is 14.5 Å². The van der Waals surface area contributed by atoms with Gasteiger partial charge in [-0.05, 0) is 74.1 Å². The summed E-state index contributed by atoms with van der Waals surface area (Å²) >= 11 is 0. The fourth-order valence-electron chi connectivity index (χ4n) is 8.26. The van der Waals surface area contributed by atoms with E-state index in [0.29, 0.717) is 36.7 Å². The molecule has 0 radical (unpaired) electrons. The number of ether oxygens (including phenoxy) is 1. The highest BCUT2D eigenvalue weighted by atomic mass is 16.5. The molecule has 1 saturated heterocycles. The Labute approximate surface area is 257 Å². The van der Waals surface area contributed by atoms with Crippen molar-refractivity contribution < 1.29 is 14.3 Å². The van der Waals surface area contributed by atoms with Gasteiger partial charge in [-0.2, -0.15) is 0 Å². The second-order valence-corrected chi connectivity index (χ2v) is 13.8. The minimum Gasteiger partial charge on any atom is -0.458 e. The highest BCUT2D eigenvalue weighted by molar-refractivity contribution is 6.06. The fourth-order valence-corrected chi connectivity index (χ4v) is 8.26. The average Bonchev–Trinajstić information content (AvgIpc) is 3.26. The molecule has 1 aromatic carbocycles. The van der Waals surface area contributed by atoms with Crippen LogP contribution in [0.15, 0.2) is 59.3 Å². The second-order valence-electron chi connectivity index (χ2n) is 13.8. The first kappa shape index (κ1) is 30.0. The minimum atomic E-state index is -0.658. The summed E-state index contributed by atoms with van der Waals surface area (Å²) in [6.07, 6.45) is 22.6. The van der Waals surface area contributed by atoms with E-state index >= 15 is 0 Å². The molecule has 3 aliphatic carbocycles. The van der Waals surface area contributed by atoms with E-state index in [-0.39, 0.29) is 17.7 Å². The fraction of sp³-hybridized carbons (Fsp3) is 0.639. The van der Waals surface area contributed by atoms with Crippen molar-refractivity contribution in [3.05, 3.63) is 54.3 Å². The number of hydrogen-bond donors (Lipinski definition) is 1. The third-order valence-electron chi connectivity index (χ3n) is 10.7. The van der Waals surface area contributed by atoms with E-state index in [9.17, 15) is 9.59 Å². The summed E-state index contributed by atoms with van der Waals surface area (Å²) in [4.78, 5) is 36.4. The van der Waals surface area contributed by atoms with Crippen LogP contribution in [0.4, 0.5) is 0 Å². The molecule has 2 amide bonds. The summed E-state index contributed by atoms with van der Waals surface area (Å²) in [7, 11) is 0. The summed E-state index contributed by atoms with van der Waals surface area (Å²) in [6.45, 7) is 2.07. The molecular formula is C36H50N4O3.